The molecular formula is C13H23NO3. The average Bonchev–Trinajstić information content (AvgIpc) is 2.32. The first-order valence-corrected chi connectivity index (χ1v) is 6.43. The highest BCUT2D eigenvalue weighted by Gasteiger charge is 2.17. The monoisotopic (exact) mass is 241 g/mol. The number of nitrogens with zero attached hydrogens (tertiary/aromatic N) is 1. The van der Waals surface area contributed by atoms with Gasteiger partial charge in [0.1, 0.15) is 0 Å². The minimum absolute atomic E-state index is 0.253. The topological polar surface area (TPSA) is 38.8 Å². The molecular weight excluding hydrogens is 218 g/mol. The molecule has 0 N–H and O–H groups in total. The van der Waals surface area contributed by atoms with Gasteiger partial charge in [-0.1, -0.05) is 6.08 Å². The van der Waals surface area contributed by atoms with E-state index >= 15 is 0 Å². The number of hydrogen-bond acceptors (Lipinski definition) is 4. The van der Waals surface area contributed by atoms with Crippen molar-refractivity contribution in [1.82, 2.24) is 4.90 Å². The fourth-order valence-corrected chi connectivity index (χ4v) is 1.98. The lowest BCUT2D eigenvalue weighted by atomic mass is 10.1. The Morgan fingerprint density at radius 2 is 2.00 bits per heavy atom. The van der Waals surface area contributed by atoms with E-state index in [1.807, 2.05) is 19.9 Å². The molecule has 98 valence electrons. The molecule has 0 bridgehead atoms. The van der Waals surface area contributed by atoms with Crippen LogP contribution in [0.2, 0.25) is 0 Å². The van der Waals surface area contributed by atoms with Crippen molar-refractivity contribution in [3.05, 3.63) is 12.2 Å². The second kappa shape index (κ2) is 8.25. The van der Waals surface area contributed by atoms with Crippen LogP contribution in [0, 0.1) is 0 Å². The zero-order valence-electron chi connectivity index (χ0n) is 10.9. The van der Waals surface area contributed by atoms with Gasteiger partial charge in [0.2, 0.25) is 0 Å². The number of piperidine rings is 1. The van der Waals surface area contributed by atoms with Crippen molar-refractivity contribution < 1.29 is 14.3 Å². The van der Waals surface area contributed by atoms with E-state index in [-0.39, 0.29) is 5.97 Å². The summed E-state index contributed by atoms with van der Waals surface area (Å²) < 4.78 is 10.4. The average molecular weight is 241 g/mol. The van der Waals surface area contributed by atoms with Crippen molar-refractivity contribution in [1.29, 1.82) is 0 Å². The summed E-state index contributed by atoms with van der Waals surface area (Å²) in [7, 11) is 0. The molecule has 0 amide bonds. The maximum Gasteiger partial charge on any atom is 0.330 e. The van der Waals surface area contributed by atoms with Gasteiger partial charge in [-0.15, -0.1) is 0 Å². The van der Waals surface area contributed by atoms with Gasteiger partial charge in [-0.05, 0) is 26.7 Å². The lowest BCUT2D eigenvalue weighted by molar-refractivity contribution is -0.137. The Kier molecular flexibility index (Phi) is 6.89. The summed E-state index contributed by atoms with van der Waals surface area (Å²) in [5.74, 6) is -0.253. The van der Waals surface area contributed by atoms with E-state index in [1.165, 1.54) is 6.08 Å². The lowest BCUT2D eigenvalue weighted by Gasteiger charge is -2.30. The molecule has 1 heterocycles. The van der Waals surface area contributed by atoms with Crippen molar-refractivity contribution in [2.24, 2.45) is 0 Å². The smallest absolute Gasteiger partial charge is 0.330 e. The predicted octanol–water partition coefficient (Wildman–Crippen LogP) is 1.61. The Labute approximate surface area is 104 Å². The van der Waals surface area contributed by atoms with E-state index in [0.29, 0.717) is 12.7 Å². The van der Waals surface area contributed by atoms with E-state index in [1.54, 1.807) is 0 Å². The standard InChI is InChI=1S/C13H23NO3/c1-3-16-12-7-10-14(11-8-12)9-5-6-13(15)17-4-2/h5-6,12H,3-4,7-11H2,1-2H3. The van der Waals surface area contributed by atoms with E-state index in [9.17, 15) is 4.79 Å². The summed E-state index contributed by atoms with van der Waals surface area (Å²) in [6.07, 6.45) is 5.98. The second-order valence-electron chi connectivity index (χ2n) is 4.11. The van der Waals surface area contributed by atoms with Gasteiger partial charge in [0.25, 0.3) is 0 Å². The molecule has 0 aromatic rings. The third-order valence-corrected chi connectivity index (χ3v) is 2.84. The Bertz CT molecular complexity index is 245. The zero-order chi connectivity index (χ0) is 12.5. The predicted molar refractivity (Wildman–Crippen MR) is 66.9 cm³/mol. The van der Waals surface area contributed by atoms with Crippen LogP contribution >= 0.6 is 0 Å². The molecule has 0 aliphatic carbocycles. The molecule has 0 aromatic heterocycles. The number of carbonyl (C=O) groups excluding carboxylic acids is 1. The van der Waals surface area contributed by atoms with Crippen LogP contribution in [0.3, 0.4) is 0 Å². The van der Waals surface area contributed by atoms with Gasteiger partial charge >= 0.3 is 5.97 Å². The van der Waals surface area contributed by atoms with Crippen LogP contribution in [-0.2, 0) is 14.3 Å². The van der Waals surface area contributed by atoms with Crippen LogP contribution in [0.15, 0.2) is 12.2 Å². The molecule has 1 aliphatic rings. The van der Waals surface area contributed by atoms with Gasteiger partial charge in [-0.25, -0.2) is 4.79 Å². The molecule has 4 heteroatoms. The summed E-state index contributed by atoms with van der Waals surface area (Å²) in [5.41, 5.74) is 0. The quantitative estimate of drug-likeness (QED) is 0.523. The van der Waals surface area contributed by atoms with Crippen LogP contribution in [0.5, 0.6) is 0 Å². The Morgan fingerprint density at radius 3 is 2.59 bits per heavy atom. The van der Waals surface area contributed by atoms with Gasteiger partial charge in [0, 0.05) is 32.3 Å². The van der Waals surface area contributed by atoms with Crippen LogP contribution in [-0.4, -0.2) is 49.8 Å². The third kappa shape index (κ3) is 5.84. The van der Waals surface area contributed by atoms with Crippen molar-refractivity contribution >= 4 is 5.97 Å². The molecule has 1 saturated heterocycles. The maximum atomic E-state index is 11.1. The van der Waals surface area contributed by atoms with Crippen molar-refractivity contribution in [3.63, 3.8) is 0 Å². The number of esters is 1. The first-order chi connectivity index (χ1) is 8.26. The highest BCUT2D eigenvalue weighted by molar-refractivity contribution is 5.81. The van der Waals surface area contributed by atoms with Crippen LogP contribution in [0.4, 0.5) is 0 Å². The molecule has 0 atom stereocenters. The van der Waals surface area contributed by atoms with Crippen molar-refractivity contribution in [2.45, 2.75) is 32.8 Å². The molecule has 0 spiro atoms. The zero-order valence-corrected chi connectivity index (χ0v) is 10.9. The highest BCUT2D eigenvalue weighted by Crippen LogP contribution is 2.13. The summed E-state index contributed by atoms with van der Waals surface area (Å²) in [5, 5.41) is 0. The number of likely N-dealkylation sites (tertiary alicyclic amines) is 1. The van der Waals surface area contributed by atoms with Gasteiger partial charge < -0.3 is 9.47 Å². The Hall–Kier alpha value is -0.870. The first-order valence-electron chi connectivity index (χ1n) is 6.43. The summed E-state index contributed by atoms with van der Waals surface area (Å²) in [4.78, 5) is 13.4. The minimum Gasteiger partial charge on any atom is -0.463 e. The fourth-order valence-electron chi connectivity index (χ4n) is 1.98. The van der Waals surface area contributed by atoms with Crippen molar-refractivity contribution in [2.75, 3.05) is 32.8 Å². The molecule has 4 nitrogen and oxygen atoms in total. The van der Waals surface area contributed by atoms with Crippen LogP contribution in [0.25, 0.3) is 0 Å². The summed E-state index contributed by atoms with van der Waals surface area (Å²) >= 11 is 0. The van der Waals surface area contributed by atoms with E-state index < -0.39 is 0 Å². The Balaban J connectivity index is 2.15. The molecule has 0 radical (unpaired) electrons. The van der Waals surface area contributed by atoms with E-state index in [4.69, 9.17) is 9.47 Å². The van der Waals surface area contributed by atoms with E-state index in [0.717, 1.165) is 39.1 Å². The van der Waals surface area contributed by atoms with Gasteiger partial charge in [-0.2, -0.15) is 0 Å². The van der Waals surface area contributed by atoms with Gasteiger partial charge in [0.15, 0.2) is 0 Å². The van der Waals surface area contributed by atoms with Crippen LogP contribution < -0.4 is 0 Å². The molecule has 1 aliphatic heterocycles. The highest BCUT2D eigenvalue weighted by atomic mass is 16.5. The van der Waals surface area contributed by atoms with Crippen LogP contribution in [0.1, 0.15) is 26.7 Å². The molecule has 1 fully saturated rings. The third-order valence-electron chi connectivity index (χ3n) is 2.84. The normalized spacial score (nSPS) is 18.7. The summed E-state index contributed by atoms with van der Waals surface area (Å²) in [6, 6.07) is 0. The number of ether oxygens (including phenoxy) is 2. The minimum atomic E-state index is -0.253. The maximum absolute atomic E-state index is 11.1. The van der Waals surface area contributed by atoms with E-state index in [2.05, 4.69) is 4.90 Å². The molecule has 0 aromatic carbocycles. The summed E-state index contributed by atoms with van der Waals surface area (Å²) in [6.45, 7) is 7.97. The van der Waals surface area contributed by atoms with Gasteiger partial charge in [-0.3, -0.25) is 4.90 Å². The lowest BCUT2D eigenvalue weighted by Crippen LogP contribution is -2.37. The number of rotatable bonds is 6. The number of hydrogen-bond donors (Lipinski definition) is 0. The molecule has 17 heavy (non-hydrogen) atoms. The molecule has 0 saturated carbocycles. The Morgan fingerprint density at radius 1 is 1.29 bits per heavy atom. The number of carbonyl (C=O) groups is 1. The van der Waals surface area contributed by atoms with Crippen molar-refractivity contribution in [3.8, 4) is 0 Å². The molecule has 0 unspecified atom stereocenters. The second-order valence-corrected chi connectivity index (χ2v) is 4.11. The first kappa shape index (κ1) is 14.2. The largest absolute Gasteiger partial charge is 0.463 e. The SMILES string of the molecule is CCOC(=O)C=CCN1CCC(OCC)CC1. The molecule has 1 rings (SSSR count). The fraction of sp³-hybridized carbons (Fsp3) is 0.769. The van der Waals surface area contributed by atoms with Gasteiger partial charge in [0.05, 0.1) is 12.7 Å².